The van der Waals surface area contributed by atoms with Crippen molar-refractivity contribution >= 4 is 11.6 Å². The van der Waals surface area contributed by atoms with Crippen LogP contribution in [-0.4, -0.2) is 11.6 Å². The molecule has 1 N–H and O–H groups in total. The van der Waals surface area contributed by atoms with Gasteiger partial charge in [0.2, 0.25) is 0 Å². The van der Waals surface area contributed by atoms with Crippen LogP contribution in [0.15, 0.2) is 35.4 Å². The summed E-state index contributed by atoms with van der Waals surface area (Å²) in [6.07, 6.45) is 4.47. The van der Waals surface area contributed by atoms with Gasteiger partial charge in [0.05, 0.1) is 0 Å². The lowest BCUT2D eigenvalue weighted by molar-refractivity contribution is 0.0954. The van der Waals surface area contributed by atoms with Crippen molar-refractivity contribution in [2.24, 2.45) is 11.0 Å². The van der Waals surface area contributed by atoms with Crippen molar-refractivity contribution in [1.29, 1.82) is 0 Å². The van der Waals surface area contributed by atoms with Gasteiger partial charge in [0.25, 0.3) is 5.91 Å². The lowest BCUT2D eigenvalue weighted by Gasteiger charge is -2.18. The minimum Gasteiger partial charge on any atom is -0.267 e. The highest BCUT2D eigenvalue weighted by molar-refractivity contribution is 5.95. The number of rotatable bonds is 2. The third-order valence-electron chi connectivity index (χ3n) is 3.10. The molecule has 1 aliphatic carbocycles. The fourth-order valence-corrected chi connectivity index (χ4v) is 2.15. The van der Waals surface area contributed by atoms with Crippen LogP contribution in [0.1, 0.15) is 43.0 Å². The molecule has 1 unspecified atom stereocenters. The normalized spacial score (nSPS) is 22.4. The van der Waals surface area contributed by atoms with Gasteiger partial charge in [-0.25, -0.2) is 5.43 Å². The molecule has 0 aliphatic heterocycles. The first-order valence-corrected chi connectivity index (χ1v) is 6.16. The quantitative estimate of drug-likeness (QED) is 0.780. The first kappa shape index (κ1) is 11.8. The zero-order valence-electron chi connectivity index (χ0n) is 10.1. The Morgan fingerprint density at radius 2 is 2.12 bits per heavy atom. The second kappa shape index (κ2) is 5.62. The van der Waals surface area contributed by atoms with Gasteiger partial charge in [-0.3, -0.25) is 4.79 Å². The lowest BCUT2D eigenvalue weighted by atomic mass is 9.89. The Kier molecular flexibility index (Phi) is 3.91. The summed E-state index contributed by atoms with van der Waals surface area (Å²) in [7, 11) is 0. The van der Waals surface area contributed by atoms with E-state index < -0.39 is 0 Å². The summed E-state index contributed by atoms with van der Waals surface area (Å²) < 4.78 is 0. The van der Waals surface area contributed by atoms with E-state index in [9.17, 15) is 4.79 Å². The minimum absolute atomic E-state index is 0.128. The van der Waals surface area contributed by atoms with E-state index in [1.54, 1.807) is 12.1 Å². The SMILES string of the molecule is CC1CCC/C(=N/NC(=O)c2ccccc2)C1. The van der Waals surface area contributed by atoms with Crippen LogP contribution >= 0.6 is 0 Å². The topological polar surface area (TPSA) is 41.5 Å². The van der Waals surface area contributed by atoms with Crippen molar-refractivity contribution in [3.63, 3.8) is 0 Å². The van der Waals surface area contributed by atoms with Crippen LogP contribution in [0.4, 0.5) is 0 Å². The molecule has 1 aliphatic rings. The van der Waals surface area contributed by atoms with Gasteiger partial charge in [-0.1, -0.05) is 25.1 Å². The highest BCUT2D eigenvalue weighted by atomic mass is 16.2. The number of nitrogens with zero attached hydrogens (tertiary/aromatic N) is 1. The maximum Gasteiger partial charge on any atom is 0.271 e. The van der Waals surface area contributed by atoms with E-state index in [-0.39, 0.29) is 5.91 Å². The van der Waals surface area contributed by atoms with Crippen LogP contribution in [-0.2, 0) is 0 Å². The Balaban J connectivity index is 1.93. The zero-order valence-corrected chi connectivity index (χ0v) is 10.1. The molecule has 0 heterocycles. The Hall–Kier alpha value is -1.64. The summed E-state index contributed by atoms with van der Waals surface area (Å²) >= 11 is 0. The molecule has 3 nitrogen and oxygen atoms in total. The van der Waals surface area contributed by atoms with Crippen molar-refractivity contribution < 1.29 is 4.79 Å². The largest absolute Gasteiger partial charge is 0.271 e. The fourth-order valence-electron chi connectivity index (χ4n) is 2.15. The van der Waals surface area contributed by atoms with Crippen LogP contribution in [0.2, 0.25) is 0 Å². The Morgan fingerprint density at radius 1 is 1.35 bits per heavy atom. The standard InChI is InChI=1S/C14H18N2O/c1-11-6-5-9-13(10-11)15-16-14(17)12-7-3-2-4-8-12/h2-4,7-8,11H,5-6,9-10H2,1H3,(H,16,17)/b15-13-. The van der Waals surface area contributed by atoms with Gasteiger partial charge >= 0.3 is 0 Å². The molecule has 2 rings (SSSR count). The zero-order chi connectivity index (χ0) is 12.1. The van der Waals surface area contributed by atoms with E-state index in [2.05, 4.69) is 17.5 Å². The van der Waals surface area contributed by atoms with E-state index in [1.165, 1.54) is 12.8 Å². The minimum atomic E-state index is -0.128. The van der Waals surface area contributed by atoms with Crippen LogP contribution in [0.25, 0.3) is 0 Å². The number of hydrogen-bond acceptors (Lipinski definition) is 2. The average molecular weight is 230 g/mol. The van der Waals surface area contributed by atoms with E-state index in [0.29, 0.717) is 11.5 Å². The number of benzene rings is 1. The van der Waals surface area contributed by atoms with E-state index in [1.807, 2.05) is 18.2 Å². The maximum absolute atomic E-state index is 11.8. The molecule has 0 bridgehead atoms. The Labute approximate surface area is 102 Å². The van der Waals surface area contributed by atoms with E-state index >= 15 is 0 Å². The summed E-state index contributed by atoms with van der Waals surface area (Å²) in [4.78, 5) is 11.8. The lowest BCUT2D eigenvalue weighted by Crippen LogP contribution is -2.22. The Morgan fingerprint density at radius 3 is 2.82 bits per heavy atom. The van der Waals surface area contributed by atoms with Crippen molar-refractivity contribution in [1.82, 2.24) is 5.43 Å². The third-order valence-corrected chi connectivity index (χ3v) is 3.10. The molecule has 90 valence electrons. The first-order valence-electron chi connectivity index (χ1n) is 6.16. The molecule has 3 heteroatoms. The monoisotopic (exact) mass is 230 g/mol. The molecule has 0 spiro atoms. The smallest absolute Gasteiger partial charge is 0.267 e. The third kappa shape index (κ3) is 3.41. The number of hydrogen-bond donors (Lipinski definition) is 1. The second-order valence-corrected chi connectivity index (χ2v) is 4.69. The number of carbonyl (C=O) groups is 1. The summed E-state index contributed by atoms with van der Waals surface area (Å²) in [5.74, 6) is 0.562. The van der Waals surface area contributed by atoms with Crippen molar-refractivity contribution in [3.8, 4) is 0 Å². The summed E-state index contributed by atoms with van der Waals surface area (Å²) in [5, 5.41) is 4.23. The number of hydrazone groups is 1. The van der Waals surface area contributed by atoms with Gasteiger partial charge in [0.1, 0.15) is 0 Å². The molecule has 1 amide bonds. The average Bonchev–Trinajstić information content (AvgIpc) is 2.37. The predicted octanol–water partition coefficient (Wildman–Crippen LogP) is 2.98. The van der Waals surface area contributed by atoms with Crippen LogP contribution < -0.4 is 5.43 Å². The summed E-state index contributed by atoms with van der Waals surface area (Å²) in [5.41, 5.74) is 4.41. The van der Waals surface area contributed by atoms with Crippen LogP contribution in [0, 0.1) is 5.92 Å². The van der Waals surface area contributed by atoms with Gasteiger partial charge in [-0.2, -0.15) is 5.10 Å². The van der Waals surface area contributed by atoms with Gasteiger partial charge in [0, 0.05) is 11.3 Å². The van der Waals surface area contributed by atoms with Gasteiger partial charge < -0.3 is 0 Å². The summed E-state index contributed by atoms with van der Waals surface area (Å²) in [6, 6.07) is 9.18. The number of nitrogens with one attached hydrogen (secondary N) is 1. The van der Waals surface area contributed by atoms with Crippen molar-refractivity contribution in [2.75, 3.05) is 0 Å². The molecule has 1 atom stereocenters. The van der Waals surface area contributed by atoms with E-state index in [4.69, 9.17) is 0 Å². The Bertz CT molecular complexity index is 411. The molecule has 1 aromatic rings. The van der Waals surface area contributed by atoms with Gasteiger partial charge in [-0.05, 0) is 43.7 Å². The molecular weight excluding hydrogens is 212 g/mol. The molecular formula is C14H18N2O. The van der Waals surface area contributed by atoms with Crippen molar-refractivity contribution in [3.05, 3.63) is 35.9 Å². The predicted molar refractivity (Wildman–Crippen MR) is 69.0 cm³/mol. The highest BCUT2D eigenvalue weighted by Crippen LogP contribution is 2.20. The molecule has 1 aromatic carbocycles. The molecule has 0 radical (unpaired) electrons. The van der Waals surface area contributed by atoms with Crippen LogP contribution in [0.3, 0.4) is 0 Å². The highest BCUT2D eigenvalue weighted by Gasteiger charge is 2.14. The molecule has 1 saturated carbocycles. The number of carbonyl (C=O) groups excluding carboxylic acids is 1. The molecule has 0 aromatic heterocycles. The molecule has 17 heavy (non-hydrogen) atoms. The maximum atomic E-state index is 11.8. The van der Waals surface area contributed by atoms with E-state index in [0.717, 1.165) is 18.6 Å². The summed E-state index contributed by atoms with van der Waals surface area (Å²) in [6.45, 7) is 2.23. The van der Waals surface area contributed by atoms with Crippen molar-refractivity contribution in [2.45, 2.75) is 32.6 Å². The fraction of sp³-hybridized carbons (Fsp3) is 0.429. The molecule has 1 fully saturated rings. The van der Waals surface area contributed by atoms with Crippen LogP contribution in [0.5, 0.6) is 0 Å². The first-order chi connectivity index (χ1) is 8.25. The van der Waals surface area contributed by atoms with Gasteiger partial charge in [0.15, 0.2) is 0 Å². The number of amides is 1. The van der Waals surface area contributed by atoms with Gasteiger partial charge in [-0.15, -0.1) is 0 Å². The second-order valence-electron chi connectivity index (χ2n) is 4.69. The molecule has 0 saturated heterocycles.